The molecule has 100 valence electrons. The number of aliphatic hydroxyl groups excluding tert-OH is 1. The molecule has 1 unspecified atom stereocenters. The van der Waals surface area contributed by atoms with Gasteiger partial charge in [0.05, 0.1) is 5.69 Å². The highest BCUT2D eigenvalue weighted by Gasteiger charge is 2.14. The van der Waals surface area contributed by atoms with Crippen molar-refractivity contribution in [2.75, 3.05) is 0 Å². The van der Waals surface area contributed by atoms with E-state index in [2.05, 4.69) is 4.98 Å². The summed E-state index contributed by atoms with van der Waals surface area (Å²) in [6.07, 6.45) is 1.52. The van der Waals surface area contributed by atoms with Crippen molar-refractivity contribution in [1.82, 2.24) is 4.98 Å². The van der Waals surface area contributed by atoms with Gasteiger partial charge >= 0.3 is 0 Å². The smallest absolute Gasteiger partial charge is 0.100 e. The summed E-state index contributed by atoms with van der Waals surface area (Å²) >= 11 is 12.0. The molecule has 2 rings (SSSR count). The van der Waals surface area contributed by atoms with E-state index in [0.29, 0.717) is 22.2 Å². The lowest BCUT2D eigenvalue weighted by Crippen LogP contribution is -2.07. The first-order chi connectivity index (χ1) is 8.97. The number of benzene rings is 1. The van der Waals surface area contributed by atoms with E-state index in [1.54, 1.807) is 18.3 Å². The number of aliphatic hydroxyl groups is 1. The minimum absolute atomic E-state index is 0.424. The second-order valence-electron chi connectivity index (χ2n) is 4.67. The molecule has 0 aliphatic heterocycles. The lowest BCUT2D eigenvalue weighted by Gasteiger charge is -2.14. The summed E-state index contributed by atoms with van der Waals surface area (Å²) in [6.45, 7) is 3.92. The monoisotopic (exact) mass is 295 g/mol. The van der Waals surface area contributed by atoms with Gasteiger partial charge in [-0.25, -0.2) is 0 Å². The number of aromatic nitrogens is 1. The average molecular weight is 296 g/mol. The van der Waals surface area contributed by atoms with E-state index in [4.69, 9.17) is 23.2 Å². The Morgan fingerprint density at radius 3 is 2.58 bits per heavy atom. The zero-order chi connectivity index (χ0) is 14.0. The zero-order valence-electron chi connectivity index (χ0n) is 10.8. The van der Waals surface area contributed by atoms with Gasteiger partial charge in [0.25, 0.3) is 0 Å². The average Bonchev–Trinajstić information content (AvgIpc) is 2.32. The first-order valence-electron chi connectivity index (χ1n) is 6.02. The summed E-state index contributed by atoms with van der Waals surface area (Å²) in [5.74, 6) is 0. The Morgan fingerprint density at radius 2 is 1.95 bits per heavy atom. The van der Waals surface area contributed by atoms with Crippen LogP contribution in [0.2, 0.25) is 10.0 Å². The van der Waals surface area contributed by atoms with Crippen molar-refractivity contribution in [3.63, 3.8) is 0 Å². The molecule has 2 aromatic rings. The number of hydrogen-bond donors (Lipinski definition) is 1. The highest BCUT2D eigenvalue weighted by atomic mass is 35.5. The van der Waals surface area contributed by atoms with Crippen LogP contribution in [0.3, 0.4) is 0 Å². The lowest BCUT2D eigenvalue weighted by atomic mass is 10.0. The van der Waals surface area contributed by atoms with Gasteiger partial charge < -0.3 is 5.11 Å². The minimum Gasteiger partial charge on any atom is -0.386 e. The molecule has 1 aromatic heterocycles. The maximum atomic E-state index is 10.3. The molecule has 1 atom stereocenters. The van der Waals surface area contributed by atoms with Crippen LogP contribution in [-0.4, -0.2) is 10.1 Å². The Balaban J connectivity index is 2.23. The normalized spacial score (nSPS) is 12.5. The van der Waals surface area contributed by atoms with Crippen molar-refractivity contribution in [3.05, 3.63) is 62.9 Å². The molecule has 0 spiro atoms. The van der Waals surface area contributed by atoms with Crippen molar-refractivity contribution in [2.45, 2.75) is 26.4 Å². The SMILES string of the molecule is Cc1cnc(C(O)Cc2ccc(Cl)cc2Cl)c(C)c1. The van der Waals surface area contributed by atoms with E-state index in [1.807, 2.05) is 26.0 Å². The summed E-state index contributed by atoms with van der Waals surface area (Å²) in [7, 11) is 0. The maximum absolute atomic E-state index is 10.3. The molecule has 0 saturated heterocycles. The molecule has 0 radical (unpaired) electrons. The molecule has 2 nitrogen and oxygen atoms in total. The van der Waals surface area contributed by atoms with Gasteiger partial charge in [0, 0.05) is 22.7 Å². The molecule has 0 aliphatic carbocycles. The molecule has 1 N–H and O–H groups in total. The van der Waals surface area contributed by atoms with Gasteiger partial charge in [-0.3, -0.25) is 4.98 Å². The number of hydrogen-bond acceptors (Lipinski definition) is 2. The predicted octanol–water partition coefficient (Wildman–Crippen LogP) is 4.28. The molecule has 0 amide bonds. The third-order valence-corrected chi connectivity index (χ3v) is 3.59. The Morgan fingerprint density at radius 1 is 1.21 bits per heavy atom. The second kappa shape index (κ2) is 5.91. The fourth-order valence-corrected chi connectivity index (χ4v) is 2.55. The highest BCUT2D eigenvalue weighted by Crippen LogP contribution is 2.26. The fraction of sp³-hybridized carbons (Fsp3) is 0.267. The van der Waals surface area contributed by atoms with Crippen LogP contribution < -0.4 is 0 Å². The molecule has 19 heavy (non-hydrogen) atoms. The Labute approximate surface area is 123 Å². The van der Waals surface area contributed by atoms with Crippen LogP contribution in [0.15, 0.2) is 30.5 Å². The third-order valence-electron chi connectivity index (χ3n) is 3.00. The second-order valence-corrected chi connectivity index (χ2v) is 5.51. The van der Waals surface area contributed by atoms with Gasteiger partial charge in [-0.15, -0.1) is 0 Å². The number of aryl methyl sites for hydroxylation is 2. The quantitative estimate of drug-likeness (QED) is 0.917. The molecule has 1 heterocycles. The number of pyridine rings is 1. The van der Waals surface area contributed by atoms with E-state index in [1.165, 1.54) is 0 Å². The highest BCUT2D eigenvalue weighted by molar-refractivity contribution is 6.35. The first kappa shape index (κ1) is 14.3. The number of nitrogens with zero attached hydrogens (tertiary/aromatic N) is 1. The van der Waals surface area contributed by atoms with Crippen molar-refractivity contribution in [2.24, 2.45) is 0 Å². The van der Waals surface area contributed by atoms with Gasteiger partial charge in [-0.1, -0.05) is 35.3 Å². The summed E-state index contributed by atoms with van der Waals surface area (Å²) in [5.41, 5.74) is 3.62. The minimum atomic E-state index is -0.667. The topological polar surface area (TPSA) is 33.1 Å². The molecular weight excluding hydrogens is 281 g/mol. The van der Waals surface area contributed by atoms with Crippen LogP contribution in [0.4, 0.5) is 0 Å². The maximum Gasteiger partial charge on any atom is 0.100 e. The lowest BCUT2D eigenvalue weighted by molar-refractivity contribution is 0.173. The summed E-state index contributed by atoms with van der Waals surface area (Å²) in [4.78, 5) is 4.30. The first-order valence-corrected chi connectivity index (χ1v) is 6.78. The molecule has 0 fully saturated rings. The molecule has 4 heteroatoms. The van der Waals surface area contributed by atoms with E-state index in [0.717, 1.165) is 16.7 Å². The molecule has 0 bridgehead atoms. The Bertz CT molecular complexity index is 599. The Hall–Kier alpha value is -1.09. The van der Waals surface area contributed by atoms with Crippen LogP contribution in [0.25, 0.3) is 0 Å². The molecule has 0 saturated carbocycles. The number of halogens is 2. The van der Waals surface area contributed by atoms with E-state index in [-0.39, 0.29) is 0 Å². The van der Waals surface area contributed by atoms with E-state index < -0.39 is 6.10 Å². The van der Waals surface area contributed by atoms with Gasteiger partial charge in [0.2, 0.25) is 0 Å². The van der Waals surface area contributed by atoms with Crippen molar-refractivity contribution in [3.8, 4) is 0 Å². The molecule has 0 aliphatic rings. The number of rotatable bonds is 3. The largest absolute Gasteiger partial charge is 0.386 e. The third kappa shape index (κ3) is 3.47. The van der Waals surface area contributed by atoms with Gasteiger partial charge in [0.1, 0.15) is 6.10 Å². The van der Waals surface area contributed by atoms with E-state index >= 15 is 0 Å². The van der Waals surface area contributed by atoms with Gasteiger partial charge in [0.15, 0.2) is 0 Å². The van der Waals surface area contributed by atoms with Crippen LogP contribution in [0, 0.1) is 13.8 Å². The van der Waals surface area contributed by atoms with Gasteiger partial charge in [-0.05, 0) is 42.7 Å². The van der Waals surface area contributed by atoms with Crippen molar-refractivity contribution in [1.29, 1.82) is 0 Å². The molecule has 1 aromatic carbocycles. The van der Waals surface area contributed by atoms with Crippen molar-refractivity contribution >= 4 is 23.2 Å². The summed E-state index contributed by atoms with van der Waals surface area (Å²) in [5, 5.41) is 11.4. The van der Waals surface area contributed by atoms with Crippen LogP contribution in [0.5, 0.6) is 0 Å². The van der Waals surface area contributed by atoms with Crippen LogP contribution in [0.1, 0.15) is 28.5 Å². The molecular formula is C15H15Cl2NO. The Kier molecular flexibility index (Phi) is 4.46. The summed E-state index contributed by atoms with van der Waals surface area (Å²) < 4.78 is 0. The van der Waals surface area contributed by atoms with Crippen LogP contribution >= 0.6 is 23.2 Å². The zero-order valence-corrected chi connectivity index (χ0v) is 12.3. The summed E-state index contributed by atoms with van der Waals surface area (Å²) in [6, 6.07) is 7.29. The van der Waals surface area contributed by atoms with Crippen LogP contribution in [-0.2, 0) is 6.42 Å². The fourth-order valence-electron chi connectivity index (χ4n) is 2.07. The van der Waals surface area contributed by atoms with E-state index in [9.17, 15) is 5.11 Å². The predicted molar refractivity (Wildman–Crippen MR) is 78.8 cm³/mol. The van der Waals surface area contributed by atoms with Gasteiger partial charge in [-0.2, -0.15) is 0 Å². The standard InChI is InChI=1S/C15H15Cl2NO/c1-9-5-10(2)15(18-8-9)14(19)6-11-3-4-12(16)7-13(11)17/h3-5,7-8,14,19H,6H2,1-2H3. The van der Waals surface area contributed by atoms with Crippen molar-refractivity contribution < 1.29 is 5.11 Å².